The van der Waals surface area contributed by atoms with E-state index >= 15 is 0 Å². The van der Waals surface area contributed by atoms with Gasteiger partial charge in [-0.1, -0.05) is 20.4 Å². The molecular weight excluding hydrogens is 437 g/mol. The molecule has 0 spiro atoms. The zero-order valence-corrected chi connectivity index (χ0v) is 17.3. The summed E-state index contributed by atoms with van der Waals surface area (Å²) >= 11 is 2.14. The fraction of sp³-hybridized carbons (Fsp3) is 0.300. The molecule has 0 radical (unpaired) electrons. The number of rotatable bonds is 4. The van der Waals surface area contributed by atoms with E-state index in [0.29, 0.717) is 17.1 Å². The molecule has 2 rings (SSSR count). The highest BCUT2D eigenvalue weighted by Crippen LogP contribution is 2.28. The third-order valence-electron chi connectivity index (χ3n) is 3.53. The summed E-state index contributed by atoms with van der Waals surface area (Å²) in [6.45, 7) is 9.38. The van der Waals surface area contributed by atoms with Crippen LogP contribution in [0.3, 0.4) is 0 Å². The Morgan fingerprint density at radius 3 is 2.12 bits per heavy atom. The first-order chi connectivity index (χ1) is 11.7. The van der Waals surface area contributed by atoms with Crippen LogP contribution >= 0.6 is 22.6 Å². The highest BCUT2D eigenvalue weighted by atomic mass is 127. The Labute approximate surface area is 162 Å². The minimum absolute atomic E-state index is 0.188. The van der Waals surface area contributed by atoms with Crippen molar-refractivity contribution in [1.82, 2.24) is 0 Å². The van der Waals surface area contributed by atoms with Crippen LogP contribution in [0.4, 0.5) is 8.78 Å². The minimum atomic E-state index is -0.290. The molecule has 136 valence electrons. The van der Waals surface area contributed by atoms with Crippen LogP contribution in [-0.4, -0.2) is 14.2 Å². The monoisotopic (exact) mass is 460 g/mol. The van der Waals surface area contributed by atoms with Gasteiger partial charge in [0.25, 0.3) is 0 Å². The fourth-order valence-electron chi connectivity index (χ4n) is 2.11. The molecule has 2 nitrogen and oxygen atoms in total. The quantitative estimate of drug-likeness (QED) is 0.490. The molecule has 2 aromatic rings. The summed E-state index contributed by atoms with van der Waals surface area (Å²) in [4.78, 5) is 0. The molecule has 25 heavy (non-hydrogen) atoms. The predicted octanol–water partition coefficient (Wildman–Crippen LogP) is 6.43. The summed E-state index contributed by atoms with van der Waals surface area (Å²) in [5.41, 5.74) is 2.00. The van der Waals surface area contributed by atoms with Crippen molar-refractivity contribution in [1.29, 1.82) is 0 Å². The first-order valence-corrected chi connectivity index (χ1v) is 8.81. The summed E-state index contributed by atoms with van der Waals surface area (Å²) < 4.78 is 37.4. The maximum absolute atomic E-state index is 13.4. The normalized spacial score (nSPS) is 10.1. The molecule has 0 aliphatic heterocycles. The lowest BCUT2D eigenvalue weighted by Gasteiger charge is -2.10. The Bertz CT molecular complexity index is 743. The Kier molecular flexibility index (Phi) is 8.35. The third-order valence-corrected chi connectivity index (χ3v) is 4.37. The van der Waals surface area contributed by atoms with Crippen molar-refractivity contribution < 1.29 is 18.3 Å². The maximum Gasteiger partial charge on any atom is 0.135 e. The van der Waals surface area contributed by atoms with Gasteiger partial charge in [0, 0.05) is 17.7 Å². The standard InChI is InChI=1S/C10H12FIO.C10H11FO/c1-6(2)7-4-9(12)10(13-3)5-8(7)11;1-7(2)9-5-4-8(12-3)6-10(9)11/h4-6H,1-3H3;4-6H,1H2,2-3H3. The van der Waals surface area contributed by atoms with Crippen LogP contribution in [0.1, 0.15) is 37.8 Å². The first kappa shape index (κ1) is 21.4. The van der Waals surface area contributed by atoms with Crippen LogP contribution in [0.25, 0.3) is 5.57 Å². The van der Waals surface area contributed by atoms with E-state index in [4.69, 9.17) is 9.47 Å². The lowest BCUT2D eigenvalue weighted by Crippen LogP contribution is -1.96. The average Bonchev–Trinajstić information content (AvgIpc) is 2.56. The van der Waals surface area contributed by atoms with E-state index in [2.05, 4.69) is 29.2 Å². The lowest BCUT2D eigenvalue weighted by atomic mass is 10.0. The number of benzene rings is 2. The molecule has 0 saturated carbocycles. The molecule has 0 aromatic heterocycles. The van der Waals surface area contributed by atoms with E-state index < -0.39 is 0 Å². The van der Waals surface area contributed by atoms with Gasteiger partial charge in [-0.3, -0.25) is 0 Å². The average molecular weight is 460 g/mol. The van der Waals surface area contributed by atoms with Crippen LogP contribution in [0.5, 0.6) is 11.5 Å². The highest BCUT2D eigenvalue weighted by molar-refractivity contribution is 14.1. The van der Waals surface area contributed by atoms with E-state index in [1.807, 2.05) is 19.9 Å². The van der Waals surface area contributed by atoms with Crippen LogP contribution < -0.4 is 9.47 Å². The van der Waals surface area contributed by atoms with Crippen molar-refractivity contribution in [2.24, 2.45) is 0 Å². The SMILES string of the molecule is C=C(C)c1ccc(OC)cc1F.COc1cc(F)c(C(C)C)cc1I. The van der Waals surface area contributed by atoms with Crippen molar-refractivity contribution in [3.63, 3.8) is 0 Å². The molecule has 0 unspecified atom stereocenters. The van der Waals surface area contributed by atoms with Crippen molar-refractivity contribution in [3.05, 3.63) is 63.2 Å². The van der Waals surface area contributed by atoms with Gasteiger partial charge in [0.2, 0.25) is 0 Å². The van der Waals surface area contributed by atoms with Gasteiger partial charge in [-0.25, -0.2) is 8.78 Å². The van der Waals surface area contributed by atoms with Gasteiger partial charge in [0.1, 0.15) is 23.1 Å². The second kappa shape index (κ2) is 9.75. The van der Waals surface area contributed by atoms with E-state index in [1.54, 1.807) is 26.2 Å². The Balaban J connectivity index is 0.000000251. The second-order valence-electron chi connectivity index (χ2n) is 5.79. The van der Waals surface area contributed by atoms with Crippen LogP contribution in [0.2, 0.25) is 0 Å². The molecule has 5 heteroatoms. The number of hydrogen-bond acceptors (Lipinski definition) is 2. The van der Waals surface area contributed by atoms with Crippen molar-refractivity contribution in [3.8, 4) is 11.5 Å². The van der Waals surface area contributed by atoms with Gasteiger partial charge in [-0.15, -0.1) is 0 Å². The zero-order chi connectivity index (χ0) is 19.1. The van der Waals surface area contributed by atoms with Gasteiger partial charge in [0.05, 0.1) is 17.8 Å². The molecule has 0 amide bonds. The number of ether oxygens (including phenoxy) is 2. The summed E-state index contributed by atoms with van der Waals surface area (Å²) in [5.74, 6) is 0.855. The largest absolute Gasteiger partial charge is 0.497 e. The first-order valence-electron chi connectivity index (χ1n) is 7.73. The van der Waals surface area contributed by atoms with E-state index in [1.165, 1.54) is 19.2 Å². The Hall–Kier alpha value is -1.63. The Morgan fingerprint density at radius 1 is 1.04 bits per heavy atom. The third kappa shape index (κ3) is 5.99. The number of allylic oxidation sites excluding steroid dienone is 1. The zero-order valence-electron chi connectivity index (χ0n) is 15.1. The summed E-state index contributed by atoms with van der Waals surface area (Å²) in [5, 5.41) is 0. The summed E-state index contributed by atoms with van der Waals surface area (Å²) in [7, 11) is 3.06. The molecule has 0 atom stereocenters. The number of halogens is 3. The highest BCUT2D eigenvalue weighted by Gasteiger charge is 2.10. The lowest BCUT2D eigenvalue weighted by molar-refractivity contribution is 0.407. The molecule has 0 saturated heterocycles. The smallest absolute Gasteiger partial charge is 0.135 e. The van der Waals surface area contributed by atoms with Crippen molar-refractivity contribution >= 4 is 28.2 Å². The topological polar surface area (TPSA) is 18.5 Å². The minimum Gasteiger partial charge on any atom is -0.497 e. The molecular formula is C20H23F2IO2. The molecule has 0 N–H and O–H groups in total. The van der Waals surface area contributed by atoms with E-state index in [-0.39, 0.29) is 17.6 Å². The molecule has 0 aliphatic carbocycles. The van der Waals surface area contributed by atoms with Crippen LogP contribution in [-0.2, 0) is 0 Å². The second-order valence-corrected chi connectivity index (χ2v) is 6.95. The van der Waals surface area contributed by atoms with Gasteiger partial charge >= 0.3 is 0 Å². The van der Waals surface area contributed by atoms with Gasteiger partial charge in [-0.05, 0) is 64.8 Å². The van der Waals surface area contributed by atoms with Crippen molar-refractivity contribution in [2.45, 2.75) is 26.7 Å². The van der Waals surface area contributed by atoms with Crippen LogP contribution in [0, 0.1) is 15.2 Å². The van der Waals surface area contributed by atoms with Gasteiger partial charge in [-0.2, -0.15) is 0 Å². The maximum atomic E-state index is 13.4. The van der Waals surface area contributed by atoms with Crippen molar-refractivity contribution in [2.75, 3.05) is 14.2 Å². The molecule has 0 fully saturated rings. The van der Waals surface area contributed by atoms with E-state index in [9.17, 15) is 8.78 Å². The molecule has 0 aliphatic rings. The van der Waals surface area contributed by atoms with Crippen LogP contribution in [0.15, 0.2) is 36.9 Å². The molecule has 2 aromatic carbocycles. The Morgan fingerprint density at radius 2 is 1.68 bits per heavy atom. The van der Waals surface area contributed by atoms with Gasteiger partial charge in [0.15, 0.2) is 0 Å². The summed E-state index contributed by atoms with van der Waals surface area (Å²) in [6.07, 6.45) is 0. The van der Waals surface area contributed by atoms with E-state index in [0.717, 1.165) is 14.7 Å². The predicted molar refractivity (Wildman–Crippen MR) is 107 cm³/mol. The summed E-state index contributed by atoms with van der Waals surface area (Å²) in [6, 6.07) is 8.00. The number of hydrogen-bond donors (Lipinski definition) is 0. The van der Waals surface area contributed by atoms with Gasteiger partial charge < -0.3 is 9.47 Å². The molecule has 0 bridgehead atoms. The molecule has 0 heterocycles. The fourth-order valence-corrected chi connectivity index (χ4v) is 2.82. The number of methoxy groups -OCH3 is 2.